The molecule has 2 aliphatic rings. The minimum Gasteiger partial charge on any atom is -0.479 e. The zero-order valence-electron chi connectivity index (χ0n) is 17.2. The number of ether oxygens (including phenoxy) is 3. The van der Waals surface area contributed by atoms with Crippen LogP contribution < -0.4 is 0 Å². The van der Waals surface area contributed by atoms with Crippen molar-refractivity contribution in [3.8, 4) is 0 Å². The maximum atomic E-state index is 12.7. The number of hydrogen-bond acceptors (Lipinski definition) is 5. The molecule has 1 aliphatic heterocycles. The second-order valence-electron chi connectivity index (χ2n) is 8.22. The molecule has 0 saturated carbocycles. The van der Waals surface area contributed by atoms with Gasteiger partial charge in [-0.1, -0.05) is 30.3 Å². The fourth-order valence-corrected chi connectivity index (χ4v) is 3.21. The van der Waals surface area contributed by atoms with Crippen LogP contribution in [-0.2, 0) is 25.6 Å². The first-order chi connectivity index (χ1) is 13.6. The second kappa shape index (κ2) is 8.29. The largest absolute Gasteiger partial charge is 0.479 e. The Morgan fingerprint density at radius 3 is 2.55 bits per heavy atom. The van der Waals surface area contributed by atoms with Crippen LogP contribution in [0.25, 0.3) is 0 Å². The van der Waals surface area contributed by atoms with Crippen LogP contribution in [0.4, 0.5) is 4.79 Å². The minimum atomic E-state index is -1.15. The first-order valence-electron chi connectivity index (χ1n) is 9.61. The van der Waals surface area contributed by atoms with E-state index in [1.165, 1.54) is 4.90 Å². The third kappa shape index (κ3) is 5.17. The molecule has 0 radical (unpaired) electrons. The van der Waals surface area contributed by atoms with E-state index >= 15 is 0 Å². The average Bonchev–Trinajstić information content (AvgIpc) is 2.65. The van der Waals surface area contributed by atoms with Crippen molar-refractivity contribution in [2.24, 2.45) is 0 Å². The van der Waals surface area contributed by atoms with Crippen LogP contribution in [0.15, 0.2) is 53.4 Å². The molecule has 7 nitrogen and oxygen atoms in total. The van der Waals surface area contributed by atoms with Gasteiger partial charge in [-0.15, -0.1) is 0 Å². The van der Waals surface area contributed by atoms with Gasteiger partial charge < -0.3 is 19.3 Å². The summed E-state index contributed by atoms with van der Waals surface area (Å²) in [5.41, 5.74) is 1.83. The first-order valence-corrected chi connectivity index (χ1v) is 9.61. The van der Waals surface area contributed by atoms with Gasteiger partial charge in [0.1, 0.15) is 11.4 Å². The summed E-state index contributed by atoms with van der Waals surface area (Å²) >= 11 is 0. The van der Waals surface area contributed by atoms with Gasteiger partial charge in [0.2, 0.25) is 6.10 Å². The van der Waals surface area contributed by atoms with Crippen molar-refractivity contribution < 1.29 is 28.9 Å². The number of carbonyl (C=O) groups excluding carboxylic acids is 1. The molecule has 29 heavy (non-hydrogen) atoms. The zero-order chi connectivity index (χ0) is 21.2. The highest BCUT2D eigenvalue weighted by Crippen LogP contribution is 2.34. The Morgan fingerprint density at radius 2 is 1.93 bits per heavy atom. The lowest BCUT2D eigenvalue weighted by atomic mass is 9.97. The first kappa shape index (κ1) is 20.9. The molecule has 1 aliphatic carbocycles. The summed E-state index contributed by atoms with van der Waals surface area (Å²) < 4.78 is 17.2. The third-order valence-corrected chi connectivity index (χ3v) is 4.64. The van der Waals surface area contributed by atoms with E-state index in [9.17, 15) is 14.7 Å². The Labute approximate surface area is 170 Å². The Hall–Kier alpha value is -2.80. The number of allylic oxidation sites excluding steroid dienone is 1. The lowest BCUT2D eigenvalue weighted by molar-refractivity contribution is -0.150. The fourth-order valence-electron chi connectivity index (χ4n) is 3.21. The van der Waals surface area contributed by atoms with Gasteiger partial charge in [-0.25, -0.2) is 9.59 Å². The number of nitrogens with zero attached hydrogens (tertiary/aromatic N) is 1. The summed E-state index contributed by atoms with van der Waals surface area (Å²) in [6.45, 7) is 7.55. The van der Waals surface area contributed by atoms with Gasteiger partial charge in [-0.05, 0) is 44.9 Å². The Balaban J connectivity index is 1.80. The van der Waals surface area contributed by atoms with Crippen LogP contribution in [0.5, 0.6) is 0 Å². The van der Waals surface area contributed by atoms with Crippen LogP contribution >= 0.6 is 0 Å². The maximum Gasteiger partial charge on any atom is 0.415 e. The molecule has 3 rings (SSSR count). The van der Waals surface area contributed by atoms with Crippen LogP contribution in [0.1, 0.15) is 39.7 Å². The zero-order valence-corrected chi connectivity index (χ0v) is 17.2. The van der Waals surface area contributed by atoms with Crippen molar-refractivity contribution in [1.29, 1.82) is 0 Å². The van der Waals surface area contributed by atoms with Gasteiger partial charge >= 0.3 is 12.1 Å². The number of carboxylic acid groups (broad SMARTS) is 1. The highest BCUT2D eigenvalue weighted by Gasteiger charge is 2.39. The number of carboxylic acids is 1. The van der Waals surface area contributed by atoms with Crippen molar-refractivity contribution >= 4 is 12.1 Å². The topological polar surface area (TPSA) is 85.3 Å². The van der Waals surface area contributed by atoms with Crippen molar-refractivity contribution in [3.63, 3.8) is 0 Å². The van der Waals surface area contributed by atoms with Gasteiger partial charge in [0.25, 0.3) is 0 Å². The predicted molar refractivity (Wildman–Crippen MR) is 106 cm³/mol. The second-order valence-corrected chi connectivity index (χ2v) is 8.22. The quantitative estimate of drug-likeness (QED) is 0.825. The Kier molecular flexibility index (Phi) is 5.98. The van der Waals surface area contributed by atoms with Gasteiger partial charge in [0, 0.05) is 6.42 Å². The number of hydrogen-bond donors (Lipinski definition) is 1. The standard InChI is InChI=1S/C22H27NO6/c1-14-10-16-18(11-17(14)27-13-15-8-6-5-7-9-15)28-19(20(24)25)12-23(16)21(26)29-22(2,3)4/h5-10,17,19H,11-13H2,1-4H3,(H,24,25). The number of rotatable bonds is 4. The normalized spacial score (nSPS) is 21.8. The number of carbonyl (C=O) groups is 2. The van der Waals surface area contributed by atoms with Crippen LogP contribution in [0, 0.1) is 0 Å². The summed E-state index contributed by atoms with van der Waals surface area (Å²) in [6, 6.07) is 9.80. The summed E-state index contributed by atoms with van der Waals surface area (Å²) in [7, 11) is 0. The average molecular weight is 401 g/mol. The van der Waals surface area contributed by atoms with Crippen LogP contribution in [-0.4, -0.2) is 46.4 Å². The maximum absolute atomic E-state index is 12.7. The molecule has 7 heteroatoms. The summed E-state index contributed by atoms with van der Waals surface area (Å²) in [6.07, 6.45) is 0.168. The van der Waals surface area contributed by atoms with E-state index in [0.29, 0.717) is 24.5 Å². The third-order valence-electron chi connectivity index (χ3n) is 4.64. The molecule has 2 atom stereocenters. The van der Waals surface area contributed by atoms with E-state index in [-0.39, 0.29) is 12.6 Å². The van der Waals surface area contributed by atoms with Crippen LogP contribution in [0.3, 0.4) is 0 Å². The van der Waals surface area contributed by atoms with Crippen molar-refractivity contribution in [3.05, 3.63) is 59.0 Å². The van der Waals surface area contributed by atoms with Crippen molar-refractivity contribution in [1.82, 2.24) is 4.90 Å². The molecule has 1 amide bonds. The van der Waals surface area contributed by atoms with Gasteiger partial charge in [-0.2, -0.15) is 0 Å². The molecule has 0 bridgehead atoms. The molecule has 1 aromatic carbocycles. The molecule has 0 saturated heterocycles. The molecule has 0 fully saturated rings. The van der Waals surface area contributed by atoms with E-state index in [1.807, 2.05) is 43.3 Å². The molecular weight excluding hydrogens is 374 g/mol. The number of aliphatic carboxylic acids is 1. The van der Waals surface area contributed by atoms with E-state index in [2.05, 4.69) is 0 Å². The molecular formula is C22H27NO6. The molecule has 1 N–H and O–H groups in total. The fraction of sp³-hybridized carbons (Fsp3) is 0.455. The molecule has 2 unspecified atom stereocenters. The molecule has 1 aromatic rings. The van der Waals surface area contributed by atoms with Gasteiger partial charge in [0.15, 0.2) is 0 Å². The number of amides is 1. The lowest BCUT2D eigenvalue weighted by Crippen LogP contribution is -2.48. The molecule has 1 heterocycles. The SMILES string of the molecule is CC1=CC2=C(CC1OCc1ccccc1)OC(C(=O)O)CN2C(=O)OC(C)(C)C. The predicted octanol–water partition coefficient (Wildman–Crippen LogP) is 3.85. The summed E-state index contributed by atoms with van der Waals surface area (Å²) in [5, 5.41) is 9.46. The monoisotopic (exact) mass is 401 g/mol. The van der Waals surface area contributed by atoms with E-state index < -0.39 is 23.8 Å². The van der Waals surface area contributed by atoms with E-state index in [0.717, 1.165) is 11.1 Å². The highest BCUT2D eigenvalue weighted by molar-refractivity contribution is 5.77. The van der Waals surface area contributed by atoms with Gasteiger partial charge in [0.05, 0.1) is 25.0 Å². The molecule has 0 aromatic heterocycles. The molecule has 0 spiro atoms. The van der Waals surface area contributed by atoms with Crippen molar-refractivity contribution in [2.45, 2.75) is 58.5 Å². The van der Waals surface area contributed by atoms with Crippen LogP contribution in [0.2, 0.25) is 0 Å². The summed E-state index contributed by atoms with van der Waals surface area (Å²) in [5.74, 6) is -0.698. The lowest BCUT2D eigenvalue weighted by Gasteiger charge is -2.38. The Bertz CT molecular complexity index is 837. The number of benzene rings is 1. The Morgan fingerprint density at radius 1 is 1.24 bits per heavy atom. The molecule has 156 valence electrons. The summed E-state index contributed by atoms with van der Waals surface area (Å²) in [4.78, 5) is 25.6. The van der Waals surface area contributed by atoms with Gasteiger partial charge in [-0.3, -0.25) is 4.90 Å². The smallest absolute Gasteiger partial charge is 0.415 e. The highest BCUT2D eigenvalue weighted by atomic mass is 16.6. The van der Waals surface area contributed by atoms with E-state index in [4.69, 9.17) is 14.2 Å². The minimum absolute atomic E-state index is 0.109. The van der Waals surface area contributed by atoms with Crippen molar-refractivity contribution in [2.75, 3.05) is 6.54 Å². The van der Waals surface area contributed by atoms with E-state index in [1.54, 1.807) is 20.8 Å².